The molecular weight excluding hydrogens is 276 g/mol. The van der Waals surface area contributed by atoms with Crippen molar-refractivity contribution in [2.24, 2.45) is 11.8 Å². The van der Waals surface area contributed by atoms with Crippen molar-refractivity contribution in [1.29, 1.82) is 0 Å². The Bertz CT molecular complexity index is 372. The van der Waals surface area contributed by atoms with Gasteiger partial charge in [0.2, 0.25) is 0 Å². The summed E-state index contributed by atoms with van der Waals surface area (Å²) in [5.74, 6) is 1.68. The highest BCUT2D eigenvalue weighted by Gasteiger charge is 2.39. The maximum atomic E-state index is 12.0. The lowest BCUT2D eigenvalue weighted by atomic mass is 9.76. The minimum Gasteiger partial charge on any atom is -0.444 e. The van der Waals surface area contributed by atoms with E-state index in [0.29, 0.717) is 0 Å². The van der Waals surface area contributed by atoms with Gasteiger partial charge < -0.3 is 15.4 Å². The summed E-state index contributed by atoms with van der Waals surface area (Å²) in [7, 11) is 0. The summed E-state index contributed by atoms with van der Waals surface area (Å²) < 4.78 is 5.40. The minimum absolute atomic E-state index is 0.0807. The van der Waals surface area contributed by atoms with E-state index in [1.54, 1.807) is 0 Å². The summed E-state index contributed by atoms with van der Waals surface area (Å²) in [5.41, 5.74) is -0.511. The first-order chi connectivity index (χ1) is 10.3. The van der Waals surface area contributed by atoms with Gasteiger partial charge in [-0.2, -0.15) is 0 Å². The van der Waals surface area contributed by atoms with Crippen LogP contribution >= 0.6 is 0 Å². The van der Waals surface area contributed by atoms with Gasteiger partial charge in [0.1, 0.15) is 5.60 Å². The smallest absolute Gasteiger partial charge is 0.408 e. The molecule has 0 heterocycles. The van der Waals surface area contributed by atoms with Crippen molar-refractivity contribution in [3.05, 3.63) is 0 Å². The van der Waals surface area contributed by atoms with E-state index in [1.165, 1.54) is 32.1 Å². The zero-order valence-corrected chi connectivity index (χ0v) is 14.8. The zero-order chi connectivity index (χ0) is 16.2. The summed E-state index contributed by atoms with van der Waals surface area (Å²) in [4.78, 5) is 12.0. The van der Waals surface area contributed by atoms with Gasteiger partial charge in [0, 0.05) is 6.54 Å². The molecule has 0 bridgehead atoms. The molecule has 2 N–H and O–H groups in total. The average molecular weight is 310 g/mol. The van der Waals surface area contributed by atoms with Crippen LogP contribution < -0.4 is 10.6 Å². The van der Waals surface area contributed by atoms with Gasteiger partial charge in [0.25, 0.3) is 0 Å². The van der Waals surface area contributed by atoms with Gasteiger partial charge in [0.05, 0.1) is 5.54 Å². The van der Waals surface area contributed by atoms with Crippen LogP contribution in [0.25, 0.3) is 0 Å². The molecule has 0 aromatic heterocycles. The quantitative estimate of drug-likeness (QED) is 0.811. The number of hydrogen-bond donors (Lipinski definition) is 2. The molecule has 22 heavy (non-hydrogen) atoms. The molecule has 4 heteroatoms. The monoisotopic (exact) mass is 310 g/mol. The molecule has 0 aliphatic heterocycles. The number of ether oxygens (including phenoxy) is 1. The van der Waals surface area contributed by atoms with E-state index in [9.17, 15) is 4.79 Å². The minimum atomic E-state index is -0.430. The Morgan fingerprint density at radius 2 is 1.95 bits per heavy atom. The van der Waals surface area contributed by atoms with Crippen LogP contribution in [-0.2, 0) is 4.74 Å². The number of carbonyl (C=O) groups is 1. The van der Waals surface area contributed by atoms with Gasteiger partial charge in [0.15, 0.2) is 0 Å². The number of carbonyl (C=O) groups excluding carboxylic acids is 1. The standard InChI is InChI=1S/C18H34N2O2/c1-14-7-5-8-15(11-14)12-19-13-18(9-6-10-18)20-16(21)22-17(2,3)4/h14-15,19H,5-13H2,1-4H3,(H,20,21). The van der Waals surface area contributed by atoms with Gasteiger partial charge in [-0.15, -0.1) is 0 Å². The topological polar surface area (TPSA) is 50.4 Å². The van der Waals surface area contributed by atoms with Crippen LogP contribution in [0.3, 0.4) is 0 Å². The van der Waals surface area contributed by atoms with Gasteiger partial charge in [-0.3, -0.25) is 0 Å². The van der Waals surface area contributed by atoms with E-state index in [4.69, 9.17) is 4.74 Å². The third kappa shape index (κ3) is 5.45. The molecule has 1 amide bonds. The molecule has 2 unspecified atom stereocenters. The maximum Gasteiger partial charge on any atom is 0.408 e. The molecule has 4 nitrogen and oxygen atoms in total. The van der Waals surface area contributed by atoms with E-state index in [1.807, 2.05) is 20.8 Å². The van der Waals surface area contributed by atoms with E-state index in [0.717, 1.165) is 37.8 Å². The molecule has 0 radical (unpaired) electrons. The fourth-order valence-electron chi connectivity index (χ4n) is 3.73. The third-order valence-electron chi connectivity index (χ3n) is 5.02. The summed E-state index contributed by atoms with van der Waals surface area (Å²) >= 11 is 0. The number of amides is 1. The fourth-order valence-corrected chi connectivity index (χ4v) is 3.73. The third-order valence-corrected chi connectivity index (χ3v) is 5.02. The molecule has 0 aromatic carbocycles. The van der Waals surface area contributed by atoms with E-state index in [2.05, 4.69) is 17.6 Å². The number of rotatable bonds is 5. The van der Waals surface area contributed by atoms with Gasteiger partial charge in [-0.05, 0) is 71.3 Å². The van der Waals surface area contributed by atoms with Crippen molar-refractivity contribution in [1.82, 2.24) is 10.6 Å². The average Bonchev–Trinajstić information content (AvgIpc) is 2.33. The van der Waals surface area contributed by atoms with Crippen LogP contribution in [0.15, 0.2) is 0 Å². The van der Waals surface area contributed by atoms with Crippen LogP contribution in [0, 0.1) is 11.8 Å². The fraction of sp³-hybridized carbons (Fsp3) is 0.944. The second-order valence-corrected chi connectivity index (χ2v) is 8.53. The highest BCUT2D eigenvalue weighted by atomic mass is 16.6. The SMILES string of the molecule is CC1CCCC(CNCC2(NC(=O)OC(C)(C)C)CCC2)C1. The number of hydrogen-bond acceptors (Lipinski definition) is 3. The Kier molecular flexibility index (Phi) is 5.76. The predicted molar refractivity (Wildman–Crippen MR) is 89.9 cm³/mol. The van der Waals surface area contributed by atoms with Crippen molar-refractivity contribution in [2.45, 2.75) is 83.8 Å². The number of nitrogens with one attached hydrogen (secondary N) is 2. The number of alkyl carbamates (subject to hydrolysis) is 1. The second kappa shape index (κ2) is 7.20. The molecule has 2 atom stereocenters. The summed E-state index contributed by atoms with van der Waals surface area (Å²) in [5, 5.41) is 6.73. The van der Waals surface area contributed by atoms with Crippen molar-refractivity contribution in [3.8, 4) is 0 Å². The van der Waals surface area contributed by atoms with Crippen LogP contribution in [-0.4, -0.2) is 30.3 Å². The Morgan fingerprint density at radius 1 is 1.23 bits per heavy atom. The normalized spacial score (nSPS) is 27.8. The Morgan fingerprint density at radius 3 is 2.50 bits per heavy atom. The predicted octanol–water partition coefficient (Wildman–Crippen LogP) is 3.85. The van der Waals surface area contributed by atoms with Crippen molar-refractivity contribution < 1.29 is 9.53 Å². The van der Waals surface area contributed by atoms with Gasteiger partial charge in [-0.1, -0.05) is 19.8 Å². The Balaban J connectivity index is 1.73. The van der Waals surface area contributed by atoms with Crippen LogP contribution in [0.2, 0.25) is 0 Å². The van der Waals surface area contributed by atoms with Crippen LogP contribution in [0.4, 0.5) is 4.79 Å². The van der Waals surface area contributed by atoms with Gasteiger partial charge >= 0.3 is 6.09 Å². The van der Waals surface area contributed by atoms with Crippen LogP contribution in [0.5, 0.6) is 0 Å². The Labute approximate surface area is 135 Å². The molecule has 0 saturated heterocycles. The molecule has 2 rings (SSSR count). The lowest BCUT2D eigenvalue weighted by Crippen LogP contribution is -2.60. The largest absolute Gasteiger partial charge is 0.444 e. The summed E-state index contributed by atoms with van der Waals surface area (Å²) in [6.45, 7) is 10.0. The molecule has 2 fully saturated rings. The molecule has 2 saturated carbocycles. The molecule has 128 valence electrons. The van der Waals surface area contributed by atoms with Gasteiger partial charge in [-0.25, -0.2) is 4.79 Å². The first kappa shape index (κ1) is 17.6. The van der Waals surface area contributed by atoms with Crippen LogP contribution in [0.1, 0.15) is 72.6 Å². The van der Waals surface area contributed by atoms with E-state index in [-0.39, 0.29) is 11.6 Å². The first-order valence-corrected chi connectivity index (χ1v) is 9.00. The first-order valence-electron chi connectivity index (χ1n) is 9.00. The molecule has 0 spiro atoms. The van der Waals surface area contributed by atoms with E-state index >= 15 is 0 Å². The van der Waals surface area contributed by atoms with Crippen molar-refractivity contribution >= 4 is 6.09 Å². The van der Waals surface area contributed by atoms with Crippen molar-refractivity contribution in [2.75, 3.05) is 13.1 Å². The lowest BCUT2D eigenvalue weighted by molar-refractivity contribution is 0.0381. The molecule has 2 aliphatic carbocycles. The molecule has 2 aliphatic rings. The summed E-state index contributed by atoms with van der Waals surface area (Å²) in [6, 6.07) is 0. The second-order valence-electron chi connectivity index (χ2n) is 8.53. The highest BCUT2D eigenvalue weighted by molar-refractivity contribution is 5.69. The Hall–Kier alpha value is -0.770. The zero-order valence-electron chi connectivity index (χ0n) is 14.8. The molecular formula is C18H34N2O2. The lowest BCUT2D eigenvalue weighted by Gasteiger charge is -2.43. The maximum absolute atomic E-state index is 12.0. The summed E-state index contributed by atoms with van der Waals surface area (Å²) in [6.07, 6.45) is 8.48. The van der Waals surface area contributed by atoms with Crippen molar-refractivity contribution in [3.63, 3.8) is 0 Å². The highest BCUT2D eigenvalue weighted by Crippen LogP contribution is 2.32. The molecule has 0 aromatic rings. The van der Waals surface area contributed by atoms with E-state index < -0.39 is 5.60 Å².